The van der Waals surface area contributed by atoms with Crippen molar-refractivity contribution in [2.45, 2.75) is 26.7 Å². The van der Waals surface area contributed by atoms with Gasteiger partial charge in [-0.05, 0) is 61.4 Å². The summed E-state index contributed by atoms with van der Waals surface area (Å²) >= 11 is 0. The van der Waals surface area contributed by atoms with Crippen molar-refractivity contribution >= 4 is 64.5 Å². The summed E-state index contributed by atoms with van der Waals surface area (Å²) in [7, 11) is 0. The Morgan fingerprint density at radius 3 is 1.94 bits per heavy atom. The molecule has 0 aliphatic rings. The molecule has 1 aromatic heterocycles. The maximum Gasteiger partial charge on any atom is 0.229 e. The van der Waals surface area contributed by atoms with Gasteiger partial charge in [0.15, 0.2) is 0 Å². The summed E-state index contributed by atoms with van der Waals surface area (Å²) in [5.74, 6) is 1.36. The molecule has 0 amide bonds. The number of benzene rings is 3. The van der Waals surface area contributed by atoms with E-state index in [0.29, 0.717) is 5.95 Å². The molecule has 0 aliphatic carbocycles. The second kappa shape index (κ2) is 12.9. The lowest BCUT2D eigenvalue weighted by Crippen LogP contribution is -2.24. The number of nitrogens with zero attached hydrogens (tertiary/aromatic N) is 3. The average Bonchev–Trinajstić information content (AvgIpc) is 2.80. The van der Waals surface area contributed by atoms with Crippen LogP contribution in [0.1, 0.15) is 26.7 Å². The van der Waals surface area contributed by atoms with Crippen molar-refractivity contribution in [3.05, 3.63) is 78.9 Å². The van der Waals surface area contributed by atoms with E-state index >= 15 is 0 Å². The van der Waals surface area contributed by atoms with Crippen LogP contribution in [0.5, 0.6) is 0 Å². The summed E-state index contributed by atoms with van der Waals surface area (Å²) < 4.78 is 0. The highest BCUT2D eigenvalue weighted by molar-refractivity contribution is 5.92. The molecular formula is C26H31Cl2N5. The molecule has 0 unspecified atom stereocenters. The molecule has 174 valence electrons. The van der Waals surface area contributed by atoms with E-state index in [-0.39, 0.29) is 24.8 Å². The molecule has 4 rings (SSSR count). The Hall–Kier alpha value is -3.02. The predicted octanol–water partition coefficient (Wildman–Crippen LogP) is 7.59. The van der Waals surface area contributed by atoms with Crippen LogP contribution < -0.4 is 15.5 Å². The lowest BCUT2D eigenvalue weighted by molar-refractivity contribution is 0.745. The first-order valence-electron chi connectivity index (χ1n) is 11.0. The Bertz CT molecular complexity index is 1110. The Morgan fingerprint density at radius 1 is 0.667 bits per heavy atom. The van der Waals surface area contributed by atoms with Crippen molar-refractivity contribution in [2.24, 2.45) is 0 Å². The molecule has 3 aromatic carbocycles. The minimum absolute atomic E-state index is 0. The van der Waals surface area contributed by atoms with E-state index in [1.54, 1.807) is 0 Å². The van der Waals surface area contributed by atoms with Crippen LogP contribution in [0, 0.1) is 0 Å². The molecule has 0 atom stereocenters. The van der Waals surface area contributed by atoms with Gasteiger partial charge in [0.1, 0.15) is 5.82 Å². The number of hydrogen-bond donors (Lipinski definition) is 2. The maximum atomic E-state index is 4.76. The minimum Gasteiger partial charge on any atom is -0.372 e. The summed E-state index contributed by atoms with van der Waals surface area (Å²) in [6, 6.07) is 26.6. The second-order valence-corrected chi connectivity index (χ2v) is 7.56. The van der Waals surface area contributed by atoms with Gasteiger partial charge >= 0.3 is 0 Å². The molecule has 0 bridgehead atoms. The molecule has 0 saturated carbocycles. The number of hydrogen-bond acceptors (Lipinski definition) is 5. The van der Waals surface area contributed by atoms with Crippen LogP contribution in [0.15, 0.2) is 78.9 Å². The SMILES string of the molecule is CCCN(CCC)c1ccc(Nc2nc(Nc3ccccc3)c3ccccc3n2)cc1.Cl.Cl. The number of nitrogens with one attached hydrogen (secondary N) is 2. The zero-order chi connectivity index (χ0) is 21.5. The highest BCUT2D eigenvalue weighted by Gasteiger charge is 2.09. The highest BCUT2D eigenvalue weighted by Crippen LogP contribution is 2.27. The van der Waals surface area contributed by atoms with E-state index in [1.165, 1.54) is 5.69 Å². The number of anilines is 5. The van der Waals surface area contributed by atoms with E-state index < -0.39 is 0 Å². The first-order valence-corrected chi connectivity index (χ1v) is 11.0. The quantitative estimate of drug-likeness (QED) is 0.256. The fraction of sp³-hybridized carbons (Fsp3) is 0.231. The van der Waals surface area contributed by atoms with E-state index in [4.69, 9.17) is 9.97 Å². The first kappa shape index (κ1) is 26.2. The topological polar surface area (TPSA) is 53.1 Å². The molecule has 0 saturated heterocycles. The Morgan fingerprint density at radius 2 is 1.27 bits per heavy atom. The third kappa shape index (κ3) is 6.73. The Balaban J connectivity index is 0.00000193. The molecule has 5 nitrogen and oxygen atoms in total. The van der Waals surface area contributed by atoms with Crippen molar-refractivity contribution in [3.63, 3.8) is 0 Å². The van der Waals surface area contributed by atoms with E-state index in [2.05, 4.69) is 53.6 Å². The smallest absolute Gasteiger partial charge is 0.229 e. The summed E-state index contributed by atoms with van der Waals surface area (Å²) in [6.45, 7) is 6.58. The summed E-state index contributed by atoms with van der Waals surface area (Å²) in [5.41, 5.74) is 4.11. The Labute approximate surface area is 208 Å². The Kier molecular flexibility index (Phi) is 10.2. The third-order valence-electron chi connectivity index (χ3n) is 5.12. The maximum absolute atomic E-state index is 4.76. The van der Waals surface area contributed by atoms with Crippen LogP contribution in [-0.2, 0) is 0 Å². The van der Waals surface area contributed by atoms with Gasteiger partial charge in [0.2, 0.25) is 5.95 Å². The van der Waals surface area contributed by atoms with Crippen molar-refractivity contribution < 1.29 is 0 Å². The fourth-order valence-electron chi connectivity index (χ4n) is 3.68. The van der Waals surface area contributed by atoms with Crippen molar-refractivity contribution in [2.75, 3.05) is 28.6 Å². The largest absolute Gasteiger partial charge is 0.372 e. The summed E-state index contributed by atoms with van der Waals surface area (Å²) in [4.78, 5) is 11.9. The van der Waals surface area contributed by atoms with Crippen LogP contribution in [0.4, 0.5) is 28.8 Å². The molecule has 0 radical (unpaired) electrons. The minimum atomic E-state index is 0. The zero-order valence-corrected chi connectivity index (χ0v) is 20.6. The number of rotatable bonds is 9. The van der Waals surface area contributed by atoms with Gasteiger partial charge in [-0.1, -0.05) is 44.2 Å². The average molecular weight is 484 g/mol. The lowest BCUT2D eigenvalue weighted by Gasteiger charge is -2.24. The molecule has 1 heterocycles. The normalized spacial score (nSPS) is 10.1. The molecule has 4 aromatic rings. The van der Waals surface area contributed by atoms with Gasteiger partial charge in [0.25, 0.3) is 0 Å². The van der Waals surface area contributed by atoms with Crippen molar-refractivity contribution in [1.82, 2.24) is 9.97 Å². The monoisotopic (exact) mass is 483 g/mol. The lowest BCUT2D eigenvalue weighted by atomic mass is 10.2. The van der Waals surface area contributed by atoms with Gasteiger partial charge in [0.05, 0.1) is 5.52 Å². The van der Waals surface area contributed by atoms with E-state index in [0.717, 1.165) is 54.0 Å². The van der Waals surface area contributed by atoms with E-state index in [9.17, 15) is 0 Å². The second-order valence-electron chi connectivity index (χ2n) is 7.56. The molecule has 2 N–H and O–H groups in total. The summed E-state index contributed by atoms with van der Waals surface area (Å²) in [5, 5.41) is 7.79. The summed E-state index contributed by atoms with van der Waals surface area (Å²) in [6.07, 6.45) is 2.28. The van der Waals surface area contributed by atoms with Crippen LogP contribution >= 0.6 is 24.8 Å². The first-order chi connectivity index (χ1) is 15.3. The molecule has 0 aliphatic heterocycles. The third-order valence-corrected chi connectivity index (χ3v) is 5.12. The molecule has 7 heteroatoms. The number of para-hydroxylation sites is 2. The number of halogens is 2. The van der Waals surface area contributed by atoms with E-state index in [1.807, 2.05) is 54.6 Å². The molecular weight excluding hydrogens is 453 g/mol. The standard InChI is InChI=1S/C26H29N5.2ClH/c1-3-18-31(19-4-2)22-16-14-21(15-17-22)28-26-29-24-13-9-8-12-23(24)25(30-26)27-20-10-6-5-7-11-20;;/h5-17H,3-4,18-19H2,1-2H3,(H2,27,28,29,30);2*1H. The number of aromatic nitrogens is 2. The fourth-order valence-corrected chi connectivity index (χ4v) is 3.68. The van der Waals surface area contributed by atoms with Gasteiger partial charge in [0, 0.05) is 35.5 Å². The van der Waals surface area contributed by atoms with Crippen LogP contribution in [0.25, 0.3) is 10.9 Å². The molecule has 0 spiro atoms. The van der Waals surface area contributed by atoms with Gasteiger partial charge in [-0.15, -0.1) is 24.8 Å². The van der Waals surface area contributed by atoms with Crippen molar-refractivity contribution in [1.29, 1.82) is 0 Å². The van der Waals surface area contributed by atoms with Crippen LogP contribution in [0.2, 0.25) is 0 Å². The van der Waals surface area contributed by atoms with Gasteiger partial charge in [-0.2, -0.15) is 4.98 Å². The van der Waals surface area contributed by atoms with Crippen molar-refractivity contribution in [3.8, 4) is 0 Å². The molecule has 0 fully saturated rings. The zero-order valence-electron chi connectivity index (χ0n) is 19.0. The van der Waals surface area contributed by atoms with Crippen LogP contribution in [-0.4, -0.2) is 23.1 Å². The number of fused-ring (bicyclic) bond motifs is 1. The van der Waals surface area contributed by atoms with Gasteiger partial charge in [-0.3, -0.25) is 0 Å². The van der Waals surface area contributed by atoms with Gasteiger partial charge in [-0.25, -0.2) is 4.98 Å². The van der Waals surface area contributed by atoms with Gasteiger partial charge < -0.3 is 15.5 Å². The highest BCUT2D eigenvalue weighted by atomic mass is 35.5. The van der Waals surface area contributed by atoms with Crippen LogP contribution in [0.3, 0.4) is 0 Å². The molecule has 33 heavy (non-hydrogen) atoms. The predicted molar refractivity (Wildman–Crippen MR) is 146 cm³/mol.